The number of aliphatic hydroxyl groups excluding tert-OH is 2. The minimum atomic E-state index is -1.53. The second-order valence-electron chi connectivity index (χ2n) is 3.87. The molecule has 0 amide bonds. The van der Waals surface area contributed by atoms with Crippen molar-refractivity contribution in [1.82, 2.24) is 5.32 Å². The summed E-state index contributed by atoms with van der Waals surface area (Å²) in [5.74, 6) is -1.84. The first-order chi connectivity index (χ1) is 8.51. The molecule has 0 aliphatic rings. The van der Waals surface area contributed by atoms with E-state index in [4.69, 9.17) is 5.26 Å². The van der Waals surface area contributed by atoms with E-state index in [0.29, 0.717) is 12.6 Å². The molecule has 0 radical (unpaired) electrons. The van der Waals surface area contributed by atoms with Gasteiger partial charge in [-0.3, -0.25) is 0 Å². The molecule has 2 unspecified atom stereocenters. The lowest BCUT2D eigenvalue weighted by Gasteiger charge is -2.18. The van der Waals surface area contributed by atoms with E-state index in [1.54, 1.807) is 7.05 Å². The Morgan fingerprint density at radius 1 is 1.33 bits per heavy atom. The molecule has 0 aliphatic heterocycles. The lowest BCUT2D eigenvalue weighted by Crippen LogP contribution is -2.24. The molecule has 3 N–H and O–H groups in total. The van der Waals surface area contributed by atoms with Gasteiger partial charge in [-0.2, -0.15) is 5.26 Å². The van der Waals surface area contributed by atoms with Gasteiger partial charge < -0.3 is 15.5 Å². The lowest BCUT2D eigenvalue weighted by molar-refractivity contribution is 0.0118. The van der Waals surface area contributed by atoms with Gasteiger partial charge in [0.25, 0.3) is 0 Å². The number of nitrogens with one attached hydrogen (secondary N) is 1. The monoisotopic (exact) mass is 256 g/mol. The largest absolute Gasteiger partial charge is 0.390 e. The second-order valence-corrected chi connectivity index (χ2v) is 3.87. The van der Waals surface area contributed by atoms with Crippen molar-refractivity contribution >= 4 is 0 Å². The van der Waals surface area contributed by atoms with E-state index >= 15 is 0 Å². The van der Waals surface area contributed by atoms with E-state index < -0.39 is 29.4 Å². The normalized spacial score (nSPS) is 14.0. The molecule has 0 saturated carbocycles. The van der Waals surface area contributed by atoms with Crippen LogP contribution < -0.4 is 5.32 Å². The Balaban J connectivity index is 2.96. The van der Waals surface area contributed by atoms with Crippen LogP contribution in [0.1, 0.15) is 23.7 Å². The summed E-state index contributed by atoms with van der Waals surface area (Å²) >= 11 is 0. The summed E-state index contributed by atoms with van der Waals surface area (Å²) in [6.07, 6.45) is -2.54. The molecule has 0 bridgehead atoms. The number of nitriles is 1. The summed E-state index contributed by atoms with van der Waals surface area (Å²) in [4.78, 5) is 0. The molecule has 1 aromatic carbocycles. The first-order valence-electron chi connectivity index (χ1n) is 5.41. The zero-order valence-electron chi connectivity index (χ0n) is 9.82. The highest BCUT2D eigenvalue weighted by Gasteiger charge is 2.23. The van der Waals surface area contributed by atoms with Gasteiger partial charge in [0.05, 0.1) is 11.7 Å². The molecule has 0 aromatic heterocycles. The summed E-state index contributed by atoms with van der Waals surface area (Å²) in [5.41, 5.74) is -0.789. The molecular weight excluding hydrogens is 242 g/mol. The van der Waals surface area contributed by atoms with Crippen molar-refractivity contribution in [3.8, 4) is 6.07 Å². The van der Waals surface area contributed by atoms with Crippen LogP contribution in [0.2, 0.25) is 0 Å². The van der Waals surface area contributed by atoms with E-state index in [0.717, 1.165) is 6.07 Å². The van der Waals surface area contributed by atoms with Crippen LogP contribution in [0.3, 0.4) is 0 Å². The predicted molar refractivity (Wildman–Crippen MR) is 60.6 cm³/mol. The van der Waals surface area contributed by atoms with E-state index in [9.17, 15) is 19.0 Å². The van der Waals surface area contributed by atoms with Crippen molar-refractivity contribution < 1.29 is 19.0 Å². The van der Waals surface area contributed by atoms with Crippen molar-refractivity contribution in [2.24, 2.45) is 0 Å². The van der Waals surface area contributed by atoms with Crippen LogP contribution >= 0.6 is 0 Å². The fourth-order valence-corrected chi connectivity index (χ4v) is 1.53. The Kier molecular flexibility index (Phi) is 5.16. The third kappa shape index (κ3) is 3.23. The van der Waals surface area contributed by atoms with Crippen molar-refractivity contribution in [2.75, 3.05) is 13.6 Å². The van der Waals surface area contributed by atoms with E-state index in [2.05, 4.69) is 5.32 Å². The predicted octanol–water partition coefficient (Wildman–Crippen LogP) is 0.840. The zero-order chi connectivity index (χ0) is 13.7. The number of hydrogen-bond donors (Lipinski definition) is 3. The summed E-state index contributed by atoms with van der Waals surface area (Å²) in [6, 6.07) is 2.94. The highest BCUT2D eigenvalue weighted by molar-refractivity contribution is 5.35. The standard InChI is InChI=1S/C12H14F2N2O2/c1-16-3-2-11(17)12(18)8-5-9(13)7(6-15)4-10(8)14/h4-5,11-12,16-18H,2-3H2,1H3. The quantitative estimate of drug-likeness (QED) is 0.729. The average Bonchev–Trinajstić information content (AvgIpc) is 2.37. The zero-order valence-corrected chi connectivity index (χ0v) is 9.82. The number of benzene rings is 1. The van der Waals surface area contributed by atoms with E-state index in [1.807, 2.05) is 0 Å². The molecule has 2 atom stereocenters. The number of nitrogens with zero attached hydrogens (tertiary/aromatic N) is 1. The molecule has 4 nitrogen and oxygen atoms in total. The summed E-state index contributed by atoms with van der Waals surface area (Å²) < 4.78 is 26.9. The Bertz CT molecular complexity index is 460. The van der Waals surface area contributed by atoms with Gasteiger partial charge in [-0.1, -0.05) is 0 Å². The molecule has 18 heavy (non-hydrogen) atoms. The Labute approximate surface area is 103 Å². The van der Waals surface area contributed by atoms with Crippen LogP contribution in [-0.4, -0.2) is 29.9 Å². The van der Waals surface area contributed by atoms with Crippen LogP contribution in [0.25, 0.3) is 0 Å². The fourth-order valence-electron chi connectivity index (χ4n) is 1.53. The summed E-state index contributed by atoms with van der Waals surface area (Å²) in [6.45, 7) is 0.429. The topological polar surface area (TPSA) is 76.3 Å². The van der Waals surface area contributed by atoms with Gasteiger partial charge in [0.15, 0.2) is 0 Å². The third-order valence-electron chi connectivity index (χ3n) is 2.58. The minimum absolute atomic E-state index is 0.193. The van der Waals surface area contributed by atoms with Gasteiger partial charge in [-0.15, -0.1) is 0 Å². The molecule has 6 heteroatoms. The number of aliphatic hydroxyl groups is 2. The van der Waals surface area contributed by atoms with Crippen molar-refractivity contribution in [1.29, 1.82) is 5.26 Å². The molecule has 0 aliphatic carbocycles. The van der Waals surface area contributed by atoms with Gasteiger partial charge in [0, 0.05) is 5.56 Å². The van der Waals surface area contributed by atoms with Crippen molar-refractivity contribution in [2.45, 2.75) is 18.6 Å². The van der Waals surface area contributed by atoms with Gasteiger partial charge >= 0.3 is 0 Å². The molecule has 0 fully saturated rings. The van der Waals surface area contributed by atoms with Crippen LogP contribution in [0.4, 0.5) is 8.78 Å². The molecular formula is C12H14F2N2O2. The summed E-state index contributed by atoms with van der Waals surface area (Å²) in [7, 11) is 1.67. The number of hydrogen-bond acceptors (Lipinski definition) is 4. The van der Waals surface area contributed by atoms with E-state index in [-0.39, 0.29) is 12.0 Å². The highest BCUT2D eigenvalue weighted by atomic mass is 19.1. The number of rotatable bonds is 5. The first kappa shape index (κ1) is 14.5. The molecule has 0 heterocycles. The maximum absolute atomic E-state index is 13.5. The maximum Gasteiger partial charge on any atom is 0.141 e. The van der Waals surface area contributed by atoms with Gasteiger partial charge in [-0.05, 0) is 32.1 Å². The average molecular weight is 256 g/mol. The molecule has 0 saturated heterocycles. The van der Waals surface area contributed by atoms with Gasteiger partial charge in [-0.25, -0.2) is 8.78 Å². The molecule has 1 rings (SSSR count). The van der Waals surface area contributed by atoms with Crippen molar-refractivity contribution in [3.05, 3.63) is 34.9 Å². The SMILES string of the molecule is CNCCC(O)C(O)c1cc(F)c(C#N)cc1F. The second kappa shape index (κ2) is 6.40. The maximum atomic E-state index is 13.5. The smallest absolute Gasteiger partial charge is 0.141 e. The van der Waals surface area contributed by atoms with Crippen LogP contribution in [0.15, 0.2) is 12.1 Å². The molecule has 1 aromatic rings. The van der Waals surface area contributed by atoms with Gasteiger partial charge in [0.2, 0.25) is 0 Å². The Morgan fingerprint density at radius 3 is 2.56 bits per heavy atom. The minimum Gasteiger partial charge on any atom is -0.390 e. The Hall–Kier alpha value is -1.55. The van der Waals surface area contributed by atoms with Crippen LogP contribution in [-0.2, 0) is 0 Å². The van der Waals surface area contributed by atoms with E-state index in [1.165, 1.54) is 6.07 Å². The Morgan fingerprint density at radius 2 is 2.00 bits per heavy atom. The third-order valence-corrected chi connectivity index (χ3v) is 2.58. The van der Waals surface area contributed by atoms with Crippen molar-refractivity contribution in [3.63, 3.8) is 0 Å². The highest BCUT2D eigenvalue weighted by Crippen LogP contribution is 2.24. The van der Waals surface area contributed by atoms with Crippen LogP contribution in [0, 0.1) is 23.0 Å². The molecule has 0 spiro atoms. The first-order valence-corrected chi connectivity index (χ1v) is 5.41. The molecule has 98 valence electrons. The summed E-state index contributed by atoms with van der Waals surface area (Å²) in [5, 5.41) is 30.6. The fraction of sp³-hybridized carbons (Fsp3) is 0.417. The van der Waals surface area contributed by atoms with Crippen LogP contribution in [0.5, 0.6) is 0 Å². The van der Waals surface area contributed by atoms with Gasteiger partial charge in [0.1, 0.15) is 23.8 Å². The number of halogens is 2. The lowest BCUT2D eigenvalue weighted by atomic mass is 10.00.